The maximum absolute atomic E-state index is 11.8. The van der Waals surface area contributed by atoms with Gasteiger partial charge in [-0.2, -0.15) is 0 Å². The van der Waals surface area contributed by atoms with Gasteiger partial charge in [0.1, 0.15) is 0 Å². The fourth-order valence-electron chi connectivity index (χ4n) is 1.80. The number of urea groups is 1. The van der Waals surface area contributed by atoms with Crippen LogP contribution in [0.25, 0.3) is 0 Å². The summed E-state index contributed by atoms with van der Waals surface area (Å²) in [4.78, 5) is 22.5. The highest BCUT2D eigenvalue weighted by molar-refractivity contribution is 5.91. The first kappa shape index (κ1) is 16.0. The summed E-state index contributed by atoms with van der Waals surface area (Å²) in [5, 5.41) is 14.3. The first-order valence-corrected chi connectivity index (χ1v) is 6.46. The van der Waals surface area contributed by atoms with Crippen molar-refractivity contribution in [2.24, 2.45) is 0 Å². The van der Waals surface area contributed by atoms with Crippen molar-refractivity contribution >= 4 is 17.7 Å². The fraction of sp³-hybridized carbons (Fsp3) is 0.429. The number of carboxylic acid groups (broad SMARTS) is 1. The van der Waals surface area contributed by atoms with Crippen LogP contribution in [0.5, 0.6) is 0 Å². The van der Waals surface area contributed by atoms with Gasteiger partial charge in [-0.3, -0.25) is 0 Å². The lowest BCUT2D eigenvalue weighted by atomic mass is 10.2. The Morgan fingerprint density at radius 2 is 1.95 bits per heavy atom. The van der Waals surface area contributed by atoms with E-state index < -0.39 is 5.97 Å². The molecule has 1 rings (SSSR count). The number of nitrogens with one attached hydrogen (secondary N) is 2. The van der Waals surface area contributed by atoms with E-state index in [-0.39, 0.29) is 17.6 Å². The molecular formula is C14H20N2O4. The van der Waals surface area contributed by atoms with Crippen LogP contribution in [-0.4, -0.2) is 36.9 Å². The number of carboxylic acids is 1. The summed E-state index contributed by atoms with van der Waals surface area (Å²) in [7, 11) is 1.59. The monoisotopic (exact) mass is 280 g/mol. The molecule has 20 heavy (non-hydrogen) atoms. The molecule has 0 heterocycles. The Hall–Kier alpha value is -2.08. The maximum Gasteiger partial charge on any atom is 0.335 e. The molecule has 0 saturated heterocycles. The molecule has 0 fully saturated rings. The predicted molar refractivity (Wildman–Crippen MR) is 76.1 cm³/mol. The van der Waals surface area contributed by atoms with E-state index in [0.717, 1.165) is 12.8 Å². The number of anilines is 1. The van der Waals surface area contributed by atoms with E-state index in [0.29, 0.717) is 12.3 Å². The van der Waals surface area contributed by atoms with E-state index in [2.05, 4.69) is 10.6 Å². The molecule has 1 aromatic rings. The van der Waals surface area contributed by atoms with E-state index in [1.165, 1.54) is 12.1 Å². The minimum absolute atomic E-state index is 0.0386. The first-order valence-electron chi connectivity index (χ1n) is 6.46. The van der Waals surface area contributed by atoms with Gasteiger partial charge in [0.25, 0.3) is 0 Å². The van der Waals surface area contributed by atoms with E-state index in [9.17, 15) is 9.59 Å². The molecule has 0 saturated carbocycles. The number of amides is 2. The van der Waals surface area contributed by atoms with Crippen molar-refractivity contribution in [1.82, 2.24) is 5.32 Å². The Balaban J connectivity index is 2.54. The van der Waals surface area contributed by atoms with Crippen molar-refractivity contribution < 1.29 is 19.4 Å². The molecule has 0 aliphatic rings. The standard InChI is InChI=1S/C14H20N2O4/c1-3-4-12(9-20-2)16-14(19)15-11-7-5-10(6-8-11)13(17)18/h5-8,12H,3-4,9H2,1-2H3,(H,17,18)(H2,15,16,19). The molecule has 3 N–H and O–H groups in total. The number of methoxy groups -OCH3 is 1. The molecule has 6 nitrogen and oxygen atoms in total. The largest absolute Gasteiger partial charge is 0.478 e. The lowest BCUT2D eigenvalue weighted by Gasteiger charge is -2.17. The number of ether oxygens (including phenoxy) is 1. The van der Waals surface area contributed by atoms with Crippen LogP contribution in [0.15, 0.2) is 24.3 Å². The van der Waals surface area contributed by atoms with Crippen molar-refractivity contribution in [3.05, 3.63) is 29.8 Å². The second-order valence-corrected chi connectivity index (χ2v) is 4.42. The van der Waals surface area contributed by atoms with Gasteiger partial charge in [0.2, 0.25) is 0 Å². The minimum Gasteiger partial charge on any atom is -0.478 e. The average Bonchev–Trinajstić information content (AvgIpc) is 2.39. The van der Waals surface area contributed by atoms with Gasteiger partial charge >= 0.3 is 12.0 Å². The lowest BCUT2D eigenvalue weighted by molar-refractivity contribution is 0.0697. The predicted octanol–water partition coefficient (Wildman–Crippen LogP) is 2.32. The minimum atomic E-state index is -0.996. The molecule has 0 radical (unpaired) electrons. The van der Waals surface area contributed by atoms with Gasteiger partial charge in [-0.25, -0.2) is 9.59 Å². The summed E-state index contributed by atoms with van der Waals surface area (Å²) in [5.74, 6) is -0.996. The smallest absolute Gasteiger partial charge is 0.335 e. The number of carbonyl (C=O) groups is 2. The molecule has 0 aliphatic heterocycles. The van der Waals surface area contributed by atoms with Crippen LogP contribution in [-0.2, 0) is 4.74 Å². The van der Waals surface area contributed by atoms with Gasteiger partial charge in [-0.05, 0) is 30.7 Å². The van der Waals surface area contributed by atoms with Crippen LogP contribution in [0.1, 0.15) is 30.1 Å². The molecule has 0 bridgehead atoms. The molecular weight excluding hydrogens is 260 g/mol. The van der Waals surface area contributed by atoms with Crippen LogP contribution in [0.4, 0.5) is 10.5 Å². The number of carbonyl (C=O) groups excluding carboxylic acids is 1. The van der Waals surface area contributed by atoms with E-state index in [1.54, 1.807) is 19.2 Å². The molecule has 2 amide bonds. The molecule has 1 aromatic carbocycles. The Morgan fingerprint density at radius 3 is 2.45 bits per heavy atom. The fourth-order valence-corrected chi connectivity index (χ4v) is 1.80. The lowest BCUT2D eigenvalue weighted by Crippen LogP contribution is -2.40. The van der Waals surface area contributed by atoms with E-state index in [1.807, 2.05) is 6.92 Å². The summed E-state index contributed by atoms with van der Waals surface area (Å²) >= 11 is 0. The Kier molecular flexibility index (Phi) is 6.52. The van der Waals surface area contributed by atoms with Crippen LogP contribution in [0, 0.1) is 0 Å². The third-order valence-electron chi connectivity index (χ3n) is 2.73. The van der Waals surface area contributed by atoms with Crippen molar-refractivity contribution in [3.8, 4) is 0 Å². The summed E-state index contributed by atoms with van der Waals surface area (Å²) < 4.78 is 5.04. The normalized spacial score (nSPS) is 11.7. The van der Waals surface area contributed by atoms with Crippen molar-refractivity contribution in [1.29, 1.82) is 0 Å². The molecule has 0 spiro atoms. The van der Waals surface area contributed by atoms with Crippen molar-refractivity contribution in [2.45, 2.75) is 25.8 Å². The van der Waals surface area contributed by atoms with E-state index >= 15 is 0 Å². The molecule has 6 heteroatoms. The van der Waals surface area contributed by atoms with Crippen LogP contribution in [0.2, 0.25) is 0 Å². The Labute approximate surface area is 118 Å². The van der Waals surface area contributed by atoms with Gasteiger partial charge in [-0.15, -0.1) is 0 Å². The molecule has 0 aliphatic carbocycles. The number of hydrogen-bond donors (Lipinski definition) is 3. The quantitative estimate of drug-likeness (QED) is 0.715. The Morgan fingerprint density at radius 1 is 1.30 bits per heavy atom. The molecule has 1 atom stereocenters. The Bertz CT molecular complexity index is 439. The zero-order valence-corrected chi connectivity index (χ0v) is 11.7. The molecule has 0 aromatic heterocycles. The zero-order chi connectivity index (χ0) is 15.0. The van der Waals surface area contributed by atoms with Crippen LogP contribution >= 0.6 is 0 Å². The molecule has 1 unspecified atom stereocenters. The number of rotatable bonds is 7. The van der Waals surface area contributed by atoms with Crippen LogP contribution < -0.4 is 10.6 Å². The highest BCUT2D eigenvalue weighted by atomic mass is 16.5. The topological polar surface area (TPSA) is 87.7 Å². The highest BCUT2D eigenvalue weighted by Crippen LogP contribution is 2.09. The molecule has 110 valence electrons. The summed E-state index contributed by atoms with van der Waals surface area (Å²) in [6.07, 6.45) is 1.78. The number of hydrogen-bond acceptors (Lipinski definition) is 3. The third kappa shape index (κ3) is 5.27. The first-order chi connectivity index (χ1) is 9.56. The summed E-state index contributed by atoms with van der Waals surface area (Å²) in [6, 6.07) is 5.61. The average molecular weight is 280 g/mol. The summed E-state index contributed by atoms with van der Waals surface area (Å²) in [6.45, 7) is 2.49. The van der Waals surface area contributed by atoms with Gasteiger partial charge in [0.15, 0.2) is 0 Å². The second-order valence-electron chi connectivity index (χ2n) is 4.42. The maximum atomic E-state index is 11.8. The van der Waals surface area contributed by atoms with Crippen molar-refractivity contribution in [3.63, 3.8) is 0 Å². The van der Waals surface area contributed by atoms with Gasteiger partial charge in [0.05, 0.1) is 18.2 Å². The van der Waals surface area contributed by atoms with Crippen LogP contribution in [0.3, 0.4) is 0 Å². The SMILES string of the molecule is CCCC(COC)NC(=O)Nc1ccc(C(=O)O)cc1. The second kappa shape index (κ2) is 8.16. The van der Waals surface area contributed by atoms with Gasteiger partial charge < -0.3 is 20.5 Å². The summed E-state index contributed by atoms with van der Waals surface area (Å²) in [5.41, 5.74) is 0.722. The number of benzene rings is 1. The number of aromatic carboxylic acids is 1. The van der Waals surface area contributed by atoms with Crippen molar-refractivity contribution in [2.75, 3.05) is 19.0 Å². The highest BCUT2D eigenvalue weighted by Gasteiger charge is 2.11. The third-order valence-corrected chi connectivity index (χ3v) is 2.73. The van der Waals surface area contributed by atoms with Gasteiger partial charge in [-0.1, -0.05) is 13.3 Å². The van der Waals surface area contributed by atoms with Gasteiger partial charge in [0, 0.05) is 12.8 Å². The van der Waals surface area contributed by atoms with E-state index in [4.69, 9.17) is 9.84 Å². The zero-order valence-electron chi connectivity index (χ0n) is 11.7.